The predicted octanol–water partition coefficient (Wildman–Crippen LogP) is 7.47. The van der Waals surface area contributed by atoms with E-state index in [0.29, 0.717) is 22.4 Å². The van der Waals surface area contributed by atoms with Crippen molar-refractivity contribution in [2.75, 3.05) is 6.61 Å². The van der Waals surface area contributed by atoms with Crippen LogP contribution in [0, 0.1) is 20.7 Å². The molecule has 0 spiro atoms. The van der Waals surface area contributed by atoms with Crippen molar-refractivity contribution in [2.24, 2.45) is 11.3 Å². The van der Waals surface area contributed by atoms with E-state index in [4.69, 9.17) is 37.0 Å². The van der Waals surface area contributed by atoms with E-state index in [1.807, 2.05) is 57.3 Å². The number of aromatic nitrogens is 2. The Morgan fingerprint density at radius 1 is 1.09 bits per heavy atom. The third-order valence-electron chi connectivity index (χ3n) is 6.19. The van der Waals surface area contributed by atoms with Crippen molar-refractivity contribution in [3.63, 3.8) is 0 Å². The number of ether oxygens (including phenoxy) is 1. The van der Waals surface area contributed by atoms with E-state index < -0.39 is 10.7 Å². The number of carbonyl (C=O) groups excluding carboxylic acids is 1. The lowest BCUT2D eigenvalue weighted by molar-refractivity contribution is -0.159. The van der Waals surface area contributed by atoms with E-state index in [-0.39, 0.29) is 11.9 Å². The standard InChI is InChI=1S/C26H37BN2O2S2/c1-19(2)26(5,18-25(3,4)27)23(30)31-16-12-7-6-11-15-29-17-21(22(32)28-24(29)33)20-13-9-8-10-14-20/h8-10,13-14,17,19H,6-7,11-12,15-16,18H2,1-5H3,(H,28,32,33). The van der Waals surface area contributed by atoms with Crippen molar-refractivity contribution in [2.45, 2.75) is 78.6 Å². The van der Waals surface area contributed by atoms with E-state index >= 15 is 0 Å². The normalized spacial score (nSPS) is 13.6. The lowest BCUT2D eigenvalue weighted by atomic mass is 9.60. The zero-order valence-electron chi connectivity index (χ0n) is 20.6. The second-order valence-corrected chi connectivity index (χ2v) is 10.9. The van der Waals surface area contributed by atoms with Gasteiger partial charge in [0.1, 0.15) is 4.64 Å². The van der Waals surface area contributed by atoms with Crippen molar-refractivity contribution < 1.29 is 9.53 Å². The average molecular weight is 485 g/mol. The Balaban J connectivity index is 1.81. The number of hydrogen-bond acceptors (Lipinski definition) is 4. The molecule has 1 aromatic carbocycles. The molecule has 178 valence electrons. The molecule has 2 rings (SSSR count). The predicted molar refractivity (Wildman–Crippen MR) is 143 cm³/mol. The maximum atomic E-state index is 12.8. The molecule has 1 N–H and O–H groups in total. The van der Waals surface area contributed by atoms with Crippen LogP contribution in [0.15, 0.2) is 36.5 Å². The van der Waals surface area contributed by atoms with E-state index in [2.05, 4.69) is 23.4 Å². The van der Waals surface area contributed by atoms with Crippen LogP contribution in [0.1, 0.15) is 66.7 Å². The number of aromatic amines is 1. The Kier molecular flexibility index (Phi) is 10.1. The van der Waals surface area contributed by atoms with E-state index in [0.717, 1.165) is 43.4 Å². The minimum Gasteiger partial charge on any atom is -0.465 e. The van der Waals surface area contributed by atoms with Crippen molar-refractivity contribution >= 4 is 38.3 Å². The van der Waals surface area contributed by atoms with Gasteiger partial charge >= 0.3 is 5.97 Å². The van der Waals surface area contributed by atoms with E-state index in [1.54, 1.807) is 0 Å². The second-order valence-electron chi connectivity index (χ2n) is 10.1. The fourth-order valence-electron chi connectivity index (χ4n) is 4.02. The van der Waals surface area contributed by atoms with Crippen molar-refractivity contribution in [3.8, 4) is 11.1 Å². The lowest BCUT2D eigenvalue weighted by Gasteiger charge is -2.37. The molecule has 0 saturated carbocycles. The van der Waals surface area contributed by atoms with Crippen LogP contribution in [-0.2, 0) is 16.1 Å². The van der Waals surface area contributed by atoms with Gasteiger partial charge in [-0.2, -0.15) is 0 Å². The number of aryl methyl sites for hydroxylation is 1. The van der Waals surface area contributed by atoms with Crippen LogP contribution in [0.3, 0.4) is 0 Å². The Morgan fingerprint density at radius 2 is 1.73 bits per heavy atom. The summed E-state index contributed by atoms with van der Waals surface area (Å²) in [6.07, 6.45) is 6.52. The smallest absolute Gasteiger partial charge is 0.312 e. The molecule has 1 heterocycles. The highest BCUT2D eigenvalue weighted by atomic mass is 32.1. The van der Waals surface area contributed by atoms with Crippen molar-refractivity contribution in [3.05, 3.63) is 45.9 Å². The first kappa shape index (κ1) is 27.5. The highest BCUT2D eigenvalue weighted by Gasteiger charge is 2.40. The Hall–Kier alpha value is -1.73. The highest BCUT2D eigenvalue weighted by Crippen LogP contribution is 2.42. The van der Waals surface area contributed by atoms with Gasteiger partial charge < -0.3 is 14.3 Å². The first-order valence-electron chi connectivity index (χ1n) is 11.8. The molecule has 0 aliphatic rings. The molecule has 2 radical (unpaired) electrons. The van der Waals surface area contributed by atoms with Crippen LogP contribution in [0.2, 0.25) is 5.31 Å². The molecule has 0 amide bonds. The monoisotopic (exact) mass is 484 g/mol. The number of benzene rings is 1. The van der Waals surface area contributed by atoms with Gasteiger partial charge in [-0.1, -0.05) is 82.0 Å². The van der Waals surface area contributed by atoms with E-state index in [9.17, 15) is 4.79 Å². The third-order valence-corrected chi connectivity index (χ3v) is 6.84. The zero-order chi connectivity index (χ0) is 24.6. The van der Waals surface area contributed by atoms with Crippen molar-refractivity contribution in [1.82, 2.24) is 9.55 Å². The number of esters is 1. The molecule has 0 aliphatic carbocycles. The molecule has 1 unspecified atom stereocenters. The summed E-state index contributed by atoms with van der Waals surface area (Å²) in [6.45, 7) is 11.2. The summed E-state index contributed by atoms with van der Waals surface area (Å²) in [5, 5.41) is -0.416. The molecule has 0 fully saturated rings. The number of carbonyl (C=O) groups is 1. The van der Waals surface area contributed by atoms with Gasteiger partial charge in [0.2, 0.25) is 0 Å². The summed E-state index contributed by atoms with van der Waals surface area (Å²) in [5.74, 6) is 0.0202. The minimum absolute atomic E-state index is 0.143. The van der Waals surface area contributed by atoms with Crippen LogP contribution in [0.25, 0.3) is 11.1 Å². The summed E-state index contributed by atoms with van der Waals surface area (Å²) in [6, 6.07) is 10.1. The molecule has 2 aromatic rings. The maximum absolute atomic E-state index is 12.8. The molecule has 1 aromatic heterocycles. The topological polar surface area (TPSA) is 47.0 Å². The first-order valence-corrected chi connectivity index (χ1v) is 12.6. The fraction of sp³-hybridized carbons (Fsp3) is 0.577. The van der Waals surface area contributed by atoms with Gasteiger partial charge in [0, 0.05) is 18.3 Å². The number of H-pyrrole nitrogens is 1. The van der Waals surface area contributed by atoms with Gasteiger partial charge in [-0.25, -0.2) is 0 Å². The largest absolute Gasteiger partial charge is 0.465 e. The maximum Gasteiger partial charge on any atom is 0.312 e. The quantitative estimate of drug-likeness (QED) is 0.147. The number of rotatable bonds is 12. The molecular formula is C26H37BN2O2S2. The van der Waals surface area contributed by atoms with Gasteiger partial charge in [-0.15, -0.1) is 0 Å². The first-order chi connectivity index (χ1) is 15.4. The molecule has 0 aliphatic heterocycles. The molecule has 33 heavy (non-hydrogen) atoms. The highest BCUT2D eigenvalue weighted by molar-refractivity contribution is 7.72. The van der Waals surface area contributed by atoms with Crippen LogP contribution in [0.4, 0.5) is 0 Å². The van der Waals surface area contributed by atoms with Gasteiger partial charge in [0.15, 0.2) is 4.77 Å². The molecule has 0 bridgehead atoms. The Bertz CT molecular complexity index is 1030. The van der Waals surface area contributed by atoms with Gasteiger partial charge in [0.25, 0.3) is 0 Å². The average Bonchev–Trinajstić information content (AvgIpc) is 2.73. The van der Waals surface area contributed by atoms with E-state index in [1.165, 1.54) is 0 Å². The zero-order valence-corrected chi connectivity index (χ0v) is 22.3. The van der Waals surface area contributed by atoms with Gasteiger partial charge in [0.05, 0.1) is 19.9 Å². The Morgan fingerprint density at radius 3 is 2.33 bits per heavy atom. The number of hydrogen-bond donors (Lipinski definition) is 1. The fourth-order valence-corrected chi connectivity index (χ4v) is 4.60. The molecule has 4 nitrogen and oxygen atoms in total. The van der Waals surface area contributed by atoms with Crippen LogP contribution in [-0.4, -0.2) is 30.0 Å². The number of unbranched alkanes of at least 4 members (excludes halogenated alkanes) is 3. The molecule has 1 atom stereocenters. The summed E-state index contributed by atoms with van der Waals surface area (Å²) >= 11 is 10.9. The Labute approximate surface area is 210 Å². The molecule has 0 saturated heterocycles. The number of nitrogens with zero attached hydrogens (tertiary/aromatic N) is 1. The minimum atomic E-state index is -0.571. The van der Waals surface area contributed by atoms with Crippen molar-refractivity contribution in [1.29, 1.82) is 0 Å². The van der Waals surface area contributed by atoms with Crippen LogP contribution >= 0.6 is 24.4 Å². The summed E-state index contributed by atoms with van der Waals surface area (Å²) < 4.78 is 9.00. The SMILES string of the molecule is [B]C(C)(C)CC(C)(C(=O)OCCCCCCn1cc(-c2ccccc2)c(=S)[nH]c1=S)C(C)C. The number of nitrogens with one attached hydrogen (secondary N) is 1. The molecule has 7 heteroatoms. The third kappa shape index (κ3) is 8.22. The summed E-state index contributed by atoms with van der Waals surface area (Å²) in [5.41, 5.74) is 1.49. The van der Waals surface area contributed by atoms with Crippen LogP contribution < -0.4 is 0 Å². The van der Waals surface area contributed by atoms with Gasteiger partial charge in [-0.05, 0) is 56.3 Å². The second kappa shape index (κ2) is 12.1. The molecular weight excluding hydrogens is 447 g/mol. The van der Waals surface area contributed by atoms with Crippen LogP contribution in [0.5, 0.6) is 0 Å². The summed E-state index contributed by atoms with van der Waals surface area (Å²) in [7, 11) is 6.19. The lowest BCUT2D eigenvalue weighted by Crippen LogP contribution is -2.37. The summed E-state index contributed by atoms with van der Waals surface area (Å²) in [4.78, 5) is 15.9. The van der Waals surface area contributed by atoms with Gasteiger partial charge in [-0.3, -0.25) is 4.79 Å².